The van der Waals surface area contributed by atoms with E-state index in [1.165, 1.54) is 33.9 Å². The maximum atomic E-state index is 14.3. The van der Waals surface area contributed by atoms with E-state index in [0.29, 0.717) is 11.7 Å². The summed E-state index contributed by atoms with van der Waals surface area (Å²) in [5.74, 6) is -0.942. The zero-order chi connectivity index (χ0) is 20.2. The third-order valence-electron chi connectivity index (χ3n) is 4.60. The molecule has 0 aliphatic heterocycles. The topological polar surface area (TPSA) is 33.2 Å². The lowest BCUT2D eigenvalue weighted by Gasteiger charge is -2.20. The molecule has 5 heteroatoms. The van der Waals surface area contributed by atoms with Crippen molar-refractivity contribution in [2.24, 2.45) is 0 Å². The standard InChI is InChI=1S/C24H19FN2OS/c1-17-11-13-19(14-12-17)22-16-29-24(26-22)27(15-18-7-3-2-4-8-18)23(28)20-9-5-6-10-21(20)25/h2-14,16H,15H2,1H3. The van der Waals surface area contributed by atoms with Crippen LogP contribution in [0.15, 0.2) is 84.2 Å². The average molecular weight is 402 g/mol. The van der Waals surface area contributed by atoms with Crippen LogP contribution >= 0.6 is 11.3 Å². The van der Waals surface area contributed by atoms with E-state index in [0.717, 1.165) is 16.8 Å². The highest BCUT2D eigenvalue weighted by atomic mass is 32.1. The third-order valence-corrected chi connectivity index (χ3v) is 5.47. The van der Waals surface area contributed by atoms with E-state index in [-0.39, 0.29) is 5.56 Å². The number of aryl methyl sites for hydroxylation is 1. The Morgan fingerprint density at radius 3 is 2.38 bits per heavy atom. The van der Waals surface area contributed by atoms with E-state index in [1.54, 1.807) is 12.1 Å². The fraction of sp³-hybridized carbons (Fsp3) is 0.0833. The minimum Gasteiger partial charge on any atom is -0.279 e. The summed E-state index contributed by atoms with van der Waals surface area (Å²) in [6.07, 6.45) is 0. The highest BCUT2D eigenvalue weighted by Gasteiger charge is 2.23. The van der Waals surface area contributed by atoms with Gasteiger partial charge in [0.15, 0.2) is 5.13 Å². The summed E-state index contributed by atoms with van der Waals surface area (Å²) < 4.78 is 14.3. The number of rotatable bonds is 5. The summed E-state index contributed by atoms with van der Waals surface area (Å²) in [4.78, 5) is 19.4. The van der Waals surface area contributed by atoms with Crippen molar-refractivity contribution in [2.75, 3.05) is 4.90 Å². The lowest BCUT2D eigenvalue weighted by molar-refractivity contribution is 0.0981. The number of halogens is 1. The van der Waals surface area contributed by atoms with Crippen LogP contribution in [0.4, 0.5) is 9.52 Å². The summed E-state index contributed by atoms with van der Waals surface area (Å²) in [5.41, 5.74) is 3.94. The Bertz CT molecular complexity index is 1120. The molecule has 0 fully saturated rings. The second-order valence-electron chi connectivity index (χ2n) is 6.74. The number of nitrogens with zero attached hydrogens (tertiary/aromatic N) is 2. The van der Waals surface area contributed by atoms with E-state index < -0.39 is 11.7 Å². The lowest BCUT2D eigenvalue weighted by atomic mass is 10.1. The minimum absolute atomic E-state index is 0.0375. The maximum Gasteiger partial charge on any atom is 0.263 e. The van der Waals surface area contributed by atoms with Gasteiger partial charge in [0, 0.05) is 10.9 Å². The number of benzene rings is 3. The molecule has 0 aliphatic rings. The van der Waals surface area contributed by atoms with Gasteiger partial charge in [-0.1, -0.05) is 72.3 Å². The second-order valence-corrected chi connectivity index (χ2v) is 7.57. The van der Waals surface area contributed by atoms with Gasteiger partial charge in [0.2, 0.25) is 0 Å². The molecule has 0 N–H and O–H groups in total. The van der Waals surface area contributed by atoms with Gasteiger partial charge >= 0.3 is 0 Å². The highest BCUT2D eigenvalue weighted by Crippen LogP contribution is 2.30. The average Bonchev–Trinajstić information content (AvgIpc) is 3.23. The summed E-state index contributed by atoms with van der Waals surface area (Å²) in [5, 5.41) is 2.46. The maximum absolute atomic E-state index is 14.3. The molecule has 0 atom stereocenters. The number of anilines is 1. The smallest absolute Gasteiger partial charge is 0.263 e. The number of amides is 1. The number of carbonyl (C=O) groups is 1. The fourth-order valence-electron chi connectivity index (χ4n) is 3.02. The van der Waals surface area contributed by atoms with Crippen molar-refractivity contribution in [3.63, 3.8) is 0 Å². The molecular formula is C24H19FN2OS. The Balaban J connectivity index is 1.71. The quantitative estimate of drug-likeness (QED) is 0.404. The molecule has 4 aromatic rings. The van der Waals surface area contributed by atoms with Crippen molar-refractivity contribution in [1.82, 2.24) is 4.98 Å². The first-order chi connectivity index (χ1) is 14.1. The van der Waals surface area contributed by atoms with Gasteiger partial charge in [-0.15, -0.1) is 11.3 Å². The zero-order valence-electron chi connectivity index (χ0n) is 15.9. The highest BCUT2D eigenvalue weighted by molar-refractivity contribution is 7.14. The van der Waals surface area contributed by atoms with Crippen LogP contribution in [0.5, 0.6) is 0 Å². The van der Waals surface area contributed by atoms with Crippen molar-refractivity contribution in [2.45, 2.75) is 13.5 Å². The number of carbonyl (C=O) groups excluding carboxylic acids is 1. The number of hydrogen-bond acceptors (Lipinski definition) is 3. The van der Waals surface area contributed by atoms with E-state index in [9.17, 15) is 9.18 Å². The van der Waals surface area contributed by atoms with Gasteiger partial charge in [-0.05, 0) is 24.6 Å². The predicted octanol–water partition coefficient (Wildman–Crippen LogP) is 6.10. The summed E-state index contributed by atoms with van der Waals surface area (Å²) >= 11 is 1.38. The number of hydrogen-bond donors (Lipinski definition) is 0. The molecule has 1 heterocycles. The first-order valence-electron chi connectivity index (χ1n) is 9.25. The van der Waals surface area contributed by atoms with E-state index in [4.69, 9.17) is 0 Å². The van der Waals surface area contributed by atoms with Crippen molar-refractivity contribution < 1.29 is 9.18 Å². The second kappa shape index (κ2) is 8.37. The Kier molecular flexibility index (Phi) is 5.49. The Morgan fingerprint density at radius 2 is 1.66 bits per heavy atom. The molecule has 3 nitrogen and oxygen atoms in total. The summed E-state index contributed by atoms with van der Waals surface area (Å²) in [6.45, 7) is 2.35. The molecular weight excluding hydrogens is 383 g/mol. The molecule has 0 radical (unpaired) electrons. The van der Waals surface area contributed by atoms with Crippen molar-refractivity contribution in [3.05, 3.63) is 107 Å². The van der Waals surface area contributed by atoms with Gasteiger partial charge in [0.25, 0.3) is 5.91 Å². The first kappa shape index (κ1) is 19.0. The molecule has 1 aromatic heterocycles. The van der Waals surface area contributed by atoms with Crippen molar-refractivity contribution in [1.29, 1.82) is 0 Å². The van der Waals surface area contributed by atoms with E-state index in [1.807, 2.05) is 66.9 Å². The van der Waals surface area contributed by atoms with Crippen molar-refractivity contribution >= 4 is 22.4 Å². The molecule has 0 saturated carbocycles. The molecule has 0 bridgehead atoms. The van der Waals surface area contributed by atoms with E-state index >= 15 is 0 Å². The van der Waals surface area contributed by atoms with Gasteiger partial charge in [-0.2, -0.15) is 0 Å². The van der Waals surface area contributed by atoms with Gasteiger partial charge in [0.1, 0.15) is 5.82 Å². The number of aromatic nitrogens is 1. The van der Waals surface area contributed by atoms with Crippen LogP contribution in [0.2, 0.25) is 0 Å². The molecule has 144 valence electrons. The summed E-state index contributed by atoms with van der Waals surface area (Å²) in [7, 11) is 0. The van der Waals surface area contributed by atoms with Crippen LogP contribution in [0, 0.1) is 12.7 Å². The van der Waals surface area contributed by atoms with Crippen LogP contribution in [0.1, 0.15) is 21.5 Å². The molecule has 0 spiro atoms. The zero-order valence-corrected chi connectivity index (χ0v) is 16.7. The van der Waals surface area contributed by atoms with Crippen molar-refractivity contribution in [3.8, 4) is 11.3 Å². The normalized spacial score (nSPS) is 10.7. The molecule has 0 saturated heterocycles. The SMILES string of the molecule is Cc1ccc(-c2csc(N(Cc3ccccc3)C(=O)c3ccccc3F)n2)cc1. The van der Waals surface area contributed by atoms with Gasteiger partial charge in [0.05, 0.1) is 17.8 Å². The summed E-state index contributed by atoms with van der Waals surface area (Å²) in [6, 6.07) is 23.8. The molecule has 1 amide bonds. The predicted molar refractivity (Wildman–Crippen MR) is 116 cm³/mol. The Labute approximate surface area is 173 Å². The Morgan fingerprint density at radius 1 is 0.966 bits per heavy atom. The molecule has 0 unspecified atom stereocenters. The van der Waals surface area contributed by atoms with Gasteiger partial charge in [-0.3, -0.25) is 9.69 Å². The largest absolute Gasteiger partial charge is 0.279 e. The van der Waals surface area contributed by atoms with Gasteiger partial charge < -0.3 is 0 Å². The first-order valence-corrected chi connectivity index (χ1v) is 10.1. The van der Waals surface area contributed by atoms with Crippen LogP contribution < -0.4 is 4.90 Å². The minimum atomic E-state index is -0.536. The lowest BCUT2D eigenvalue weighted by Crippen LogP contribution is -2.31. The number of thiazole rings is 1. The fourth-order valence-corrected chi connectivity index (χ4v) is 3.85. The monoisotopic (exact) mass is 402 g/mol. The molecule has 4 rings (SSSR count). The third kappa shape index (κ3) is 4.25. The molecule has 29 heavy (non-hydrogen) atoms. The van der Waals surface area contributed by atoms with Crippen LogP contribution in [0.25, 0.3) is 11.3 Å². The van der Waals surface area contributed by atoms with Crippen LogP contribution in [0.3, 0.4) is 0 Å². The molecule has 0 aliphatic carbocycles. The van der Waals surface area contributed by atoms with E-state index in [2.05, 4.69) is 4.98 Å². The van der Waals surface area contributed by atoms with Gasteiger partial charge in [-0.25, -0.2) is 9.37 Å². The van der Waals surface area contributed by atoms with Crippen LogP contribution in [-0.4, -0.2) is 10.9 Å². The van der Waals surface area contributed by atoms with Crippen LogP contribution in [-0.2, 0) is 6.54 Å². The Hall–Kier alpha value is -3.31. The molecule has 3 aromatic carbocycles.